The van der Waals surface area contributed by atoms with Crippen LogP contribution in [0, 0.1) is 25.2 Å². The first-order chi connectivity index (χ1) is 9.92. The van der Waals surface area contributed by atoms with Gasteiger partial charge in [-0.25, -0.2) is 4.98 Å². The second-order valence-corrected chi connectivity index (χ2v) is 7.77. The van der Waals surface area contributed by atoms with E-state index >= 15 is 0 Å². The number of rotatable bonds is 4. The lowest BCUT2D eigenvalue weighted by atomic mass is 9.82. The summed E-state index contributed by atoms with van der Waals surface area (Å²) in [6.45, 7) is 8.37. The fourth-order valence-corrected chi connectivity index (χ4v) is 4.62. The topological polar surface area (TPSA) is 48.7 Å². The van der Waals surface area contributed by atoms with Crippen molar-refractivity contribution in [2.45, 2.75) is 75.2 Å². The maximum absolute atomic E-state index is 9.63. The molecule has 0 saturated heterocycles. The van der Waals surface area contributed by atoms with Crippen LogP contribution in [0.1, 0.15) is 50.8 Å². The number of thioether (sulfide) groups is 1. The van der Waals surface area contributed by atoms with Crippen LogP contribution in [0.15, 0.2) is 17.2 Å². The van der Waals surface area contributed by atoms with Crippen LogP contribution in [0.3, 0.4) is 0 Å². The zero-order chi connectivity index (χ0) is 15.5. The number of hydrogen-bond acceptors (Lipinski definition) is 4. The van der Waals surface area contributed by atoms with Crippen LogP contribution in [0.4, 0.5) is 0 Å². The smallest absolute Gasteiger partial charge is 0.108 e. The molecule has 2 rings (SSSR count). The average Bonchev–Trinajstić information content (AvgIpc) is 2.37. The molecule has 4 heteroatoms. The van der Waals surface area contributed by atoms with Crippen molar-refractivity contribution in [1.29, 1.82) is 5.26 Å². The molecule has 1 N–H and O–H groups in total. The Kier molecular flexibility index (Phi) is 5.29. The lowest BCUT2D eigenvalue weighted by Crippen LogP contribution is -2.51. The van der Waals surface area contributed by atoms with E-state index in [1.807, 2.05) is 18.7 Å². The van der Waals surface area contributed by atoms with E-state index in [0.717, 1.165) is 30.0 Å². The Morgan fingerprint density at radius 3 is 2.81 bits per heavy atom. The van der Waals surface area contributed by atoms with Gasteiger partial charge < -0.3 is 0 Å². The van der Waals surface area contributed by atoms with Crippen LogP contribution in [0.2, 0.25) is 0 Å². The highest BCUT2D eigenvalue weighted by Crippen LogP contribution is 2.38. The van der Waals surface area contributed by atoms with Gasteiger partial charge in [0.2, 0.25) is 0 Å². The molecule has 1 saturated carbocycles. The van der Waals surface area contributed by atoms with Gasteiger partial charge in [-0.1, -0.05) is 0 Å². The molecule has 2 unspecified atom stereocenters. The number of nitrogens with zero attached hydrogens (tertiary/aromatic N) is 2. The van der Waals surface area contributed by atoms with Crippen molar-refractivity contribution in [1.82, 2.24) is 10.3 Å². The van der Waals surface area contributed by atoms with E-state index in [2.05, 4.69) is 49.3 Å². The second-order valence-electron chi connectivity index (χ2n) is 6.45. The third kappa shape index (κ3) is 4.46. The van der Waals surface area contributed by atoms with Gasteiger partial charge in [0.05, 0.1) is 11.1 Å². The van der Waals surface area contributed by atoms with Crippen molar-refractivity contribution in [2.75, 3.05) is 0 Å². The molecule has 0 bridgehead atoms. The summed E-state index contributed by atoms with van der Waals surface area (Å²) in [5.74, 6) is 0. The van der Waals surface area contributed by atoms with E-state index < -0.39 is 0 Å². The van der Waals surface area contributed by atoms with E-state index in [4.69, 9.17) is 0 Å². The fourth-order valence-electron chi connectivity index (χ4n) is 3.18. The molecule has 1 aromatic rings. The first-order valence-electron chi connectivity index (χ1n) is 7.73. The molecule has 0 spiro atoms. The Bertz CT molecular complexity index is 515. The van der Waals surface area contributed by atoms with Gasteiger partial charge in [-0.2, -0.15) is 5.26 Å². The van der Waals surface area contributed by atoms with Crippen LogP contribution in [0.25, 0.3) is 0 Å². The summed E-state index contributed by atoms with van der Waals surface area (Å²) in [5.41, 5.74) is 1.97. The maximum atomic E-state index is 9.63. The molecule has 1 aliphatic carbocycles. The zero-order valence-corrected chi connectivity index (χ0v) is 14.3. The van der Waals surface area contributed by atoms with Gasteiger partial charge in [0.1, 0.15) is 5.54 Å². The quantitative estimate of drug-likeness (QED) is 0.913. The molecular formula is C17H25N3S. The van der Waals surface area contributed by atoms with Gasteiger partial charge in [-0.3, -0.25) is 5.32 Å². The second kappa shape index (κ2) is 6.81. The van der Waals surface area contributed by atoms with E-state index in [9.17, 15) is 5.26 Å². The van der Waals surface area contributed by atoms with E-state index in [1.165, 1.54) is 12.0 Å². The molecule has 3 nitrogen and oxygen atoms in total. The van der Waals surface area contributed by atoms with Crippen molar-refractivity contribution in [3.63, 3.8) is 0 Å². The van der Waals surface area contributed by atoms with Crippen molar-refractivity contribution in [3.8, 4) is 6.07 Å². The minimum absolute atomic E-state index is 0.340. The number of aryl methyl sites for hydroxylation is 2. The van der Waals surface area contributed by atoms with Gasteiger partial charge in [-0.15, -0.1) is 11.8 Å². The number of nitrogens with one attached hydrogen (secondary N) is 1. The number of pyridine rings is 1. The molecule has 1 aromatic heterocycles. The highest BCUT2D eigenvalue weighted by atomic mass is 32.2. The SMILES string of the molecule is Cc1cc(C)nc(SC2CCCC(C#N)(NC(C)C)C2)c1. The monoisotopic (exact) mass is 303 g/mol. The minimum atomic E-state index is -0.358. The molecule has 21 heavy (non-hydrogen) atoms. The summed E-state index contributed by atoms with van der Waals surface area (Å²) < 4.78 is 0. The van der Waals surface area contributed by atoms with Crippen molar-refractivity contribution >= 4 is 11.8 Å². The van der Waals surface area contributed by atoms with Crippen molar-refractivity contribution in [3.05, 3.63) is 23.4 Å². The Morgan fingerprint density at radius 1 is 1.43 bits per heavy atom. The Morgan fingerprint density at radius 2 is 2.19 bits per heavy atom. The normalized spacial score (nSPS) is 25.8. The first kappa shape index (κ1) is 16.3. The Hall–Kier alpha value is -1.05. The largest absolute Gasteiger partial charge is 0.297 e. The van der Waals surface area contributed by atoms with Crippen LogP contribution in [-0.2, 0) is 0 Å². The molecule has 114 valence electrons. The molecule has 1 heterocycles. The summed E-state index contributed by atoms with van der Waals surface area (Å²) in [4.78, 5) is 4.62. The van der Waals surface area contributed by atoms with Crippen LogP contribution in [0.5, 0.6) is 0 Å². The number of hydrogen-bond donors (Lipinski definition) is 1. The molecule has 0 amide bonds. The standard InChI is InChI=1S/C17H25N3S/c1-12(2)20-17(11-18)7-5-6-15(10-17)21-16-9-13(3)8-14(4)19-16/h8-9,12,15,20H,5-7,10H2,1-4H3. The van der Waals surface area contributed by atoms with Gasteiger partial charge in [0.15, 0.2) is 0 Å². The number of aromatic nitrogens is 1. The summed E-state index contributed by atoms with van der Waals surface area (Å²) in [6, 6.07) is 7.13. The minimum Gasteiger partial charge on any atom is -0.297 e. The molecule has 0 aromatic carbocycles. The van der Waals surface area contributed by atoms with Crippen molar-refractivity contribution in [2.24, 2.45) is 0 Å². The molecule has 0 aliphatic heterocycles. The number of nitriles is 1. The predicted molar refractivity (Wildman–Crippen MR) is 88.4 cm³/mol. The zero-order valence-electron chi connectivity index (χ0n) is 13.4. The summed E-state index contributed by atoms with van der Waals surface area (Å²) in [6.07, 6.45) is 4.14. The van der Waals surface area contributed by atoms with Crippen molar-refractivity contribution < 1.29 is 0 Å². The summed E-state index contributed by atoms with van der Waals surface area (Å²) >= 11 is 1.84. The highest BCUT2D eigenvalue weighted by molar-refractivity contribution is 7.99. The summed E-state index contributed by atoms with van der Waals surface area (Å²) in [7, 11) is 0. The first-order valence-corrected chi connectivity index (χ1v) is 8.61. The third-order valence-corrected chi connectivity index (χ3v) is 5.03. The predicted octanol–water partition coefficient (Wildman–Crippen LogP) is 3.99. The lowest BCUT2D eigenvalue weighted by molar-refractivity contribution is 0.284. The van der Waals surface area contributed by atoms with Gasteiger partial charge in [0, 0.05) is 17.0 Å². The average molecular weight is 303 g/mol. The van der Waals surface area contributed by atoms with Gasteiger partial charge in [-0.05, 0) is 71.1 Å². The van der Waals surface area contributed by atoms with Gasteiger partial charge in [0.25, 0.3) is 0 Å². The van der Waals surface area contributed by atoms with E-state index in [-0.39, 0.29) is 5.54 Å². The lowest BCUT2D eigenvalue weighted by Gasteiger charge is -2.37. The van der Waals surface area contributed by atoms with Crippen LogP contribution >= 0.6 is 11.8 Å². The third-order valence-electron chi connectivity index (χ3n) is 3.85. The fraction of sp³-hybridized carbons (Fsp3) is 0.647. The molecule has 1 fully saturated rings. The Balaban J connectivity index is 2.09. The highest BCUT2D eigenvalue weighted by Gasteiger charge is 2.37. The van der Waals surface area contributed by atoms with E-state index in [1.54, 1.807) is 0 Å². The Labute approximate surface area is 132 Å². The molecule has 2 atom stereocenters. The van der Waals surface area contributed by atoms with Gasteiger partial charge >= 0.3 is 0 Å². The molecular weight excluding hydrogens is 278 g/mol. The van der Waals surface area contributed by atoms with Crippen LogP contribution < -0.4 is 5.32 Å². The molecule has 0 radical (unpaired) electrons. The van der Waals surface area contributed by atoms with Crippen LogP contribution in [-0.4, -0.2) is 21.8 Å². The maximum Gasteiger partial charge on any atom is 0.108 e. The molecule has 1 aliphatic rings. The summed E-state index contributed by atoms with van der Waals surface area (Å²) in [5, 5.41) is 14.7. The van der Waals surface area contributed by atoms with E-state index in [0.29, 0.717) is 11.3 Å².